The van der Waals surface area contributed by atoms with Crippen LogP contribution in [0.1, 0.15) is 15.2 Å². The predicted octanol–water partition coefficient (Wildman–Crippen LogP) is 7.11. The predicted molar refractivity (Wildman–Crippen MR) is 143 cm³/mol. The van der Waals surface area contributed by atoms with Crippen LogP contribution in [0.5, 0.6) is 11.5 Å². The molecule has 0 unspecified atom stereocenters. The van der Waals surface area contributed by atoms with Crippen molar-refractivity contribution in [2.24, 2.45) is 0 Å². The third kappa shape index (κ3) is 4.34. The molecular formula is C28H21ClN2O3S. The number of hydrogen-bond donors (Lipinski definition) is 1. The first-order valence-corrected chi connectivity index (χ1v) is 12.0. The molecule has 2 heterocycles. The standard InChI is InChI=1S/C28H21ClN2O3S/c1-33-20-11-5-16(6-12-20)22-15-23(17-7-13-21(34-2)14-8-17)31-28-24(22)25(30)27(35-28)26(32)18-3-9-19(29)10-4-18/h3-15H,30H2,1-2H3. The maximum absolute atomic E-state index is 13.3. The molecule has 7 heteroatoms. The number of hydrogen-bond acceptors (Lipinski definition) is 6. The zero-order valence-corrected chi connectivity index (χ0v) is 20.6. The van der Waals surface area contributed by atoms with Crippen LogP contribution in [0, 0.1) is 0 Å². The molecule has 0 aliphatic carbocycles. The largest absolute Gasteiger partial charge is 0.497 e. The molecule has 0 aliphatic rings. The summed E-state index contributed by atoms with van der Waals surface area (Å²) in [5.74, 6) is 1.36. The van der Waals surface area contributed by atoms with Gasteiger partial charge in [0.05, 0.1) is 25.6 Å². The van der Waals surface area contributed by atoms with E-state index in [-0.39, 0.29) is 5.78 Å². The number of halogens is 1. The van der Waals surface area contributed by atoms with E-state index in [2.05, 4.69) is 0 Å². The lowest BCUT2D eigenvalue weighted by atomic mass is 9.98. The molecule has 0 radical (unpaired) electrons. The summed E-state index contributed by atoms with van der Waals surface area (Å²) in [4.78, 5) is 19.4. The quantitative estimate of drug-likeness (QED) is 0.251. The third-order valence-corrected chi connectivity index (χ3v) is 7.15. The molecule has 0 atom stereocenters. The van der Waals surface area contributed by atoms with Gasteiger partial charge in [-0.3, -0.25) is 4.79 Å². The second kappa shape index (κ2) is 9.41. The molecule has 0 amide bonds. The summed E-state index contributed by atoms with van der Waals surface area (Å²) >= 11 is 7.30. The molecule has 0 fully saturated rings. The van der Waals surface area contributed by atoms with Crippen LogP contribution in [-0.4, -0.2) is 25.0 Å². The second-order valence-corrected chi connectivity index (χ2v) is 9.31. The zero-order chi connectivity index (χ0) is 24.5. The summed E-state index contributed by atoms with van der Waals surface area (Å²) in [5, 5.41) is 1.33. The molecule has 0 spiro atoms. The van der Waals surface area contributed by atoms with Crippen molar-refractivity contribution in [3.63, 3.8) is 0 Å². The number of aromatic nitrogens is 1. The molecule has 0 aliphatic heterocycles. The van der Waals surface area contributed by atoms with Crippen LogP contribution in [0.2, 0.25) is 5.02 Å². The number of benzene rings is 3. The maximum Gasteiger partial charge on any atom is 0.205 e. The summed E-state index contributed by atoms with van der Waals surface area (Å²) in [7, 11) is 3.27. The van der Waals surface area contributed by atoms with Gasteiger partial charge in [0.15, 0.2) is 0 Å². The first kappa shape index (κ1) is 22.9. The molecule has 3 aromatic carbocycles. The van der Waals surface area contributed by atoms with Crippen LogP contribution in [0.3, 0.4) is 0 Å². The Balaban J connectivity index is 1.71. The Kier molecular flexibility index (Phi) is 6.16. The van der Waals surface area contributed by atoms with E-state index >= 15 is 0 Å². The molecule has 5 rings (SSSR count). The molecule has 35 heavy (non-hydrogen) atoms. The van der Waals surface area contributed by atoms with E-state index in [1.165, 1.54) is 11.3 Å². The van der Waals surface area contributed by atoms with E-state index in [4.69, 9.17) is 31.8 Å². The Labute approximate surface area is 211 Å². The number of nitrogens with two attached hydrogens (primary N) is 1. The number of nitrogen functional groups attached to an aromatic ring is 1. The molecule has 5 aromatic rings. The van der Waals surface area contributed by atoms with Crippen LogP contribution in [-0.2, 0) is 0 Å². The van der Waals surface area contributed by atoms with Gasteiger partial charge in [0.25, 0.3) is 0 Å². The fourth-order valence-corrected chi connectivity index (χ4v) is 5.14. The normalized spacial score (nSPS) is 10.9. The number of rotatable bonds is 6. The van der Waals surface area contributed by atoms with Gasteiger partial charge in [-0.2, -0.15) is 0 Å². The van der Waals surface area contributed by atoms with E-state index in [0.717, 1.165) is 39.3 Å². The van der Waals surface area contributed by atoms with Crippen molar-refractivity contribution in [3.8, 4) is 33.9 Å². The van der Waals surface area contributed by atoms with Crippen molar-refractivity contribution in [2.45, 2.75) is 0 Å². The minimum Gasteiger partial charge on any atom is -0.497 e. The number of carbonyl (C=O) groups is 1. The van der Waals surface area contributed by atoms with Crippen molar-refractivity contribution in [3.05, 3.63) is 94.3 Å². The van der Waals surface area contributed by atoms with Gasteiger partial charge in [-0.25, -0.2) is 4.98 Å². The molecule has 5 nitrogen and oxygen atoms in total. The fraction of sp³-hybridized carbons (Fsp3) is 0.0714. The van der Waals surface area contributed by atoms with Crippen LogP contribution >= 0.6 is 22.9 Å². The Bertz CT molecular complexity index is 1530. The molecule has 0 bridgehead atoms. The molecule has 2 N–H and O–H groups in total. The van der Waals surface area contributed by atoms with Crippen molar-refractivity contribution in [2.75, 3.05) is 20.0 Å². The van der Waals surface area contributed by atoms with Crippen molar-refractivity contribution in [1.82, 2.24) is 4.98 Å². The number of methoxy groups -OCH3 is 2. The van der Waals surface area contributed by atoms with Crippen LogP contribution in [0.4, 0.5) is 5.69 Å². The van der Waals surface area contributed by atoms with Gasteiger partial charge < -0.3 is 15.2 Å². The van der Waals surface area contributed by atoms with Gasteiger partial charge in [0, 0.05) is 21.5 Å². The van der Waals surface area contributed by atoms with Gasteiger partial charge in [-0.05, 0) is 77.9 Å². The highest BCUT2D eigenvalue weighted by Crippen LogP contribution is 2.42. The van der Waals surface area contributed by atoms with E-state index in [1.54, 1.807) is 38.5 Å². The number of carbonyl (C=O) groups excluding carboxylic acids is 1. The minimum atomic E-state index is -0.158. The third-order valence-electron chi connectivity index (χ3n) is 5.80. The highest BCUT2D eigenvalue weighted by molar-refractivity contribution is 7.21. The smallest absolute Gasteiger partial charge is 0.205 e. The molecule has 0 saturated heterocycles. The first-order valence-electron chi connectivity index (χ1n) is 10.8. The Hall–Kier alpha value is -3.87. The van der Waals surface area contributed by atoms with E-state index < -0.39 is 0 Å². The average molecular weight is 501 g/mol. The number of ether oxygens (including phenoxy) is 2. The van der Waals surface area contributed by atoms with E-state index in [0.29, 0.717) is 26.0 Å². The van der Waals surface area contributed by atoms with Gasteiger partial charge in [0.1, 0.15) is 21.2 Å². The average Bonchev–Trinajstić information content (AvgIpc) is 3.24. The van der Waals surface area contributed by atoms with Crippen LogP contribution in [0.15, 0.2) is 78.9 Å². The van der Waals surface area contributed by atoms with Crippen LogP contribution in [0.25, 0.3) is 32.6 Å². The molecular weight excluding hydrogens is 480 g/mol. The molecule has 2 aromatic heterocycles. The lowest BCUT2D eigenvalue weighted by molar-refractivity contribution is 0.104. The van der Waals surface area contributed by atoms with E-state index in [1.807, 2.05) is 54.6 Å². The Morgan fingerprint density at radius 3 is 2.00 bits per heavy atom. The summed E-state index contributed by atoms with van der Waals surface area (Å²) in [6.07, 6.45) is 0. The van der Waals surface area contributed by atoms with Crippen LogP contribution < -0.4 is 15.2 Å². The SMILES string of the molecule is COc1ccc(-c2cc(-c3ccc(OC)cc3)c3c(N)c(C(=O)c4ccc(Cl)cc4)sc3n2)cc1. The van der Waals surface area contributed by atoms with Gasteiger partial charge in [-0.15, -0.1) is 11.3 Å². The Morgan fingerprint density at radius 1 is 0.857 bits per heavy atom. The fourth-order valence-electron chi connectivity index (χ4n) is 3.93. The second-order valence-electron chi connectivity index (χ2n) is 7.87. The van der Waals surface area contributed by atoms with E-state index in [9.17, 15) is 4.79 Å². The lowest BCUT2D eigenvalue weighted by Gasteiger charge is -2.10. The van der Waals surface area contributed by atoms with Crippen molar-refractivity contribution < 1.29 is 14.3 Å². The lowest BCUT2D eigenvalue weighted by Crippen LogP contribution is -2.02. The first-order chi connectivity index (χ1) is 17.0. The highest BCUT2D eigenvalue weighted by atomic mass is 35.5. The summed E-state index contributed by atoms with van der Waals surface area (Å²) < 4.78 is 10.6. The highest BCUT2D eigenvalue weighted by Gasteiger charge is 2.22. The van der Waals surface area contributed by atoms with Crippen molar-refractivity contribution >= 4 is 44.6 Å². The monoisotopic (exact) mass is 500 g/mol. The van der Waals surface area contributed by atoms with Gasteiger partial charge in [0.2, 0.25) is 5.78 Å². The minimum absolute atomic E-state index is 0.158. The topological polar surface area (TPSA) is 74.4 Å². The number of anilines is 1. The number of fused-ring (bicyclic) bond motifs is 1. The number of thiophene rings is 1. The van der Waals surface area contributed by atoms with Crippen molar-refractivity contribution in [1.29, 1.82) is 0 Å². The summed E-state index contributed by atoms with van der Waals surface area (Å²) in [6, 6.07) is 24.3. The van der Waals surface area contributed by atoms with Gasteiger partial charge >= 0.3 is 0 Å². The zero-order valence-electron chi connectivity index (χ0n) is 19.0. The number of ketones is 1. The van der Waals surface area contributed by atoms with Gasteiger partial charge in [-0.1, -0.05) is 23.7 Å². The Morgan fingerprint density at radius 2 is 1.43 bits per heavy atom. The number of pyridine rings is 1. The number of nitrogens with zero attached hydrogens (tertiary/aromatic N) is 1. The summed E-state index contributed by atoms with van der Waals surface area (Å²) in [5.41, 5.74) is 11.1. The molecule has 0 saturated carbocycles. The summed E-state index contributed by atoms with van der Waals surface area (Å²) in [6.45, 7) is 0. The maximum atomic E-state index is 13.3. The molecule has 174 valence electrons.